The average molecular weight is 189 g/mol. The Morgan fingerprint density at radius 1 is 1.78 bits per heavy atom. The normalized spacial score (nSPS) is 12.4. The molecule has 0 aromatic carbocycles. The van der Waals surface area contributed by atoms with E-state index in [4.69, 9.17) is 5.73 Å². The highest BCUT2D eigenvalue weighted by molar-refractivity contribution is 9.11. The van der Waals surface area contributed by atoms with Crippen molar-refractivity contribution in [2.75, 3.05) is 0 Å². The number of hydrogen-bond acceptors (Lipinski definition) is 2. The first kappa shape index (κ1) is 8.43. The number of aliphatic imine (C=N–C) groups is 1. The van der Waals surface area contributed by atoms with E-state index >= 15 is 0 Å². The third kappa shape index (κ3) is 7.43. The Bertz CT molecular complexity index is 154. The summed E-state index contributed by atoms with van der Waals surface area (Å²) < 4.78 is 1.01. The lowest BCUT2D eigenvalue weighted by molar-refractivity contribution is 1.28. The molecule has 0 saturated carbocycles. The molecule has 0 atom stereocenters. The molecule has 0 amide bonds. The van der Waals surface area contributed by atoms with Gasteiger partial charge in [0.05, 0.1) is 0 Å². The van der Waals surface area contributed by atoms with Crippen LogP contribution in [0.1, 0.15) is 6.92 Å². The van der Waals surface area contributed by atoms with Gasteiger partial charge in [-0.05, 0) is 17.5 Å². The van der Waals surface area contributed by atoms with Crippen LogP contribution >= 0.6 is 15.9 Å². The Hall–Kier alpha value is -0.570. The summed E-state index contributed by atoms with van der Waals surface area (Å²) in [6, 6.07) is 0. The van der Waals surface area contributed by atoms with E-state index in [0.717, 1.165) is 4.48 Å². The quantitative estimate of drug-likeness (QED) is 0.660. The molecule has 0 aliphatic heterocycles. The van der Waals surface area contributed by atoms with Gasteiger partial charge in [0, 0.05) is 6.21 Å². The maximum Gasteiger partial charge on any atom is 0.115 e. The molecule has 0 radical (unpaired) electrons. The monoisotopic (exact) mass is 188 g/mol. The Morgan fingerprint density at radius 2 is 2.33 bits per heavy atom. The van der Waals surface area contributed by atoms with Crippen molar-refractivity contribution in [2.45, 2.75) is 6.92 Å². The predicted octanol–water partition coefficient (Wildman–Crippen LogP) is 1.79. The smallest absolute Gasteiger partial charge is 0.115 e. The third-order valence-electron chi connectivity index (χ3n) is 0.545. The van der Waals surface area contributed by atoms with Crippen LogP contribution in [0.3, 0.4) is 0 Å². The number of halogens is 1. The van der Waals surface area contributed by atoms with Crippen LogP contribution < -0.4 is 5.73 Å². The van der Waals surface area contributed by atoms with Gasteiger partial charge >= 0.3 is 0 Å². The summed E-state index contributed by atoms with van der Waals surface area (Å²) in [4.78, 5) is 3.72. The van der Waals surface area contributed by atoms with E-state index < -0.39 is 0 Å². The van der Waals surface area contributed by atoms with Crippen LogP contribution in [-0.4, -0.2) is 6.21 Å². The molecule has 0 spiro atoms. The van der Waals surface area contributed by atoms with Crippen LogP contribution in [0.5, 0.6) is 0 Å². The number of rotatable bonds is 2. The van der Waals surface area contributed by atoms with E-state index in [9.17, 15) is 0 Å². The Balaban J connectivity index is 3.74. The molecule has 0 aromatic rings. The number of nitrogens with two attached hydrogens (primary N) is 1. The van der Waals surface area contributed by atoms with Gasteiger partial charge in [-0.2, -0.15) is 0 Å². The highest BCUT2D eigenvalue weighted by Crippen LogP contribution is 1.98. The van der Waals surface area contributed by atoms with Crippen LogP contribution in [-0.2, 0) is 0 Å². The lowest BCUT2D eigenvalue weighted by atomic mass is 10.6. The molecule has 0 unspecified atom stereocenters. The number of hydrogen-bond donors (Lipinski definition) is 1. The van der Waals surface area contributed by atoms with E-state index in [-0.39, 0.29) is 0 Å². The highest BCUT2D eigenvalue weighted by Gasteiger charge is 1.73. The topological polar surface area (TPSA) is 38.4 Å². The van der Waals surface area contributed by atoms with Gasteiger partial charge < -0.3 is 5.73 Å². The Morgan fingerprint density at radius 3 is 2.67 bits per heavy atom. The third-order valence-corrected chi connectivity index (χ3v) is 0.809. The molecule has 0 aliphatic rings. The molecule has 3 heteroatoms. The van der Waals surface area contributed by atoms with E-state index in [1.165, 1.54) is 0 Å². The van der Waals surface area contributed by atoms with Crippen molar-refractivity contribution in [1.29, 1.82) is 0 Å². The first-order valence-corrected chi connectivity index (χ1v) is 3.23. The van der Waals surface area contributed by atoms with Gasteiger partial charge in [0.25, 0.3) is 0 Å². The van der Waals surface area contributed by atoms with Crippen molar-refractivity contribution in [3.05, 3.63) is 23.0 Å². The summed E-state index contributed by atoms with van der Waals surface area (Å²) in [5, 5.41) is 0. The largest absolute Gasteiger partial charge is 0.384 e. The average Bonchev–Trinajstić information content (AvgIpc) is 1.63. The molecule has 0 bridgehead atoms. The van der Waals surface area contributed by atoms with E-state index in [1.807, 2.05) is 6.92 Å². The first-order valence-electron chi connectivity index (χ1n) is 2.44. The minimum absolute atomic E-state index is 0.319. The minimum Gasteiger partial charge on any atom is -0.384 e. The highest BCUT2D eigenvalue weighted by atomic mass is 79.9. The van der Waals surface area contributed by atoms with Gasteiger partial charge in [0.2, 0.25) is 0 Å². The van der Waals surface area contributed by atoms with Crippen molar-refractivity contribution >= 4 is 22.1 Å². The summed E-state index contributed by atoms with van der Waals surface area (Å²) >= 11 is 3.22. The fourth-order valence-electron chi connectivity index (χ4n) is 0.236. The lowest BCUT2D eigenvalue weighted by Gasteiger charge is -1.82. The zero-order valence-electron chi connectivity index (χ0n) is 5.26. The van der Waals surface area contributed by atoms with Gasteiger partial charge in [0.15, 0.2) is 0 Å². The zero-order chi connectivity index (χ0) is 7.28. The van der Waals surface area contributed by atoms with Crippen LogP contribution in [0.25, 0.3) is 0 Å². The molecule has 0 rings (SSSR count). The molecule has 50 valence electrons. The number of nitrogens with zero attached hydrogens (tertiary/aromatic N) is 1. The molecule has 0 heterocycles. The molecule has 0 saturated heterocycles. The van der Waals surface area contributed by atoms with E-state index in [2.05, 4.69) is 27.5 Å². The fraction of sp³-hybridized carbons (Fsp3) is 0.167. The molecule has 2 nitrogen and oxygen atoms in total. The zero-order valence-corrected chi connectivity index (χ0v) is 6.85. The van der Waals surface area contributed by atoms with Gasteiger partial charge in [-0.15, -0.1) is 0 Å². The summed E-state index contributed by atoms with van der Waals surface area (Å²) in [6.07, 6.45) is 3.38. The summed E-state index contributed by atoms with van der Waals surface area (Å²) in [6.45, 7) is 5.30. The van der Waals surface area contributed by atoms with Crippen LogP contribution in [0.2, 0.25) is 0 Å². The van der Waals surface area contributed by atoms with Crippen molar-refractivity contribution in [1.82, 2.24) is 0 Å². The van der Waals surface area contributed by atoms with Crippen molar-refractivity contribution in [2.24, 2.45) is 10.7 Å². The van der Waals surface area contributed by atoms with Crippen molar-refractivity contribution in [3.8, 4) is 0 Å². The molecule has 2 N–H and O–H groups in total. The Labute approximate surface area is 63.3 Å². The molecule has 0 aromatic heterocycles. The second-order valence-electron chi connectivity index (χ2n) is 1.52. The Kier molecular flexibility index (Phi) is 4.05. The first-order chi connectivity index (χ1) is 4.13. The molecular weight excluding hydrogens is 180 g/mol. The standard InChI is InChI=1S/C6H9BrN2/c1-5(7)3-4-9-6(2)8/h3-4H,2,8H2,1H3/b5-3+,9-4-. The molecule has 0 fully saturated rings. The summed E-state index contributed by atoms with van der Waals surface area (Å²) in [5.74, 6) is 0.319. The second-order valence-corrected chi connectivity index (χ2v) is 2.77. The summed E-state index contributed by atoms with van der Waals surface area (Å²) in [5.41, 5.74) is 5.14. The number of allylic oxidation sites excluding steroid dienone is 2. The second kappa shape index (κ2) is 4.32. The lowest BCUT2D eigenvalue weighted by Crippen LogP contribution is -1.88. The van der Waals surface area contributed by atoms with Crippen LogP contribution in [0.15, 0.2) is 28.0 Å². The van der Waals surface area contributed by atoms with Crippen LogP contribution in [0, 0.1) is 0 Å². The van der Waals surface area contributed by atoms with Crippen molar-refractivity contribution in [3.63, 3.8) is 0 Å². The van der Waals surface area contributed by atoms with Crippen LogP contribution in [0.4, 0.5) is 0 Å². The molecule has 0 aliphatic carbocycles. The van der Waals surface area contributed by atoms with Gasteiger partial charge in [-0.3, -0.25) is 0 Å². The molecular formula is C6H9BrN2. The van der Waals surface area contributed by atoms with Crippen molar-refractivity contribution < 1.29 is 0 Å². The van der Waals surface area contributed by atoms with Gasteiger partial charge in [-0.25, -0.2) is 4.99 Å². The maximum absolute atomic E-state index is 5.14. The SMILES string of the molecule is C=C(N)/N=C\C=C(/C)Br. The van der Waals surface area contributed by atoms with E-state index in [0.29, 0.717) is 5.82 Å². The van der Waals surface area contributed by atoms with E-state index in [1.54, 1.807) is 12.3 Å². The maximum atomic E-state index is 5.14. The summed E-state index contributed by atoms with van der Waals surface area (Å²) in [7, 11) is 0. The predicted molar refractivity (Wildman–Crippen MR) is 44.5 cm³/mol. The van der Waals surface area contributed by atoms with Gasteiger partial charge in [0.1, 0.15) is 5.82 Å². The minimum atomic E-state index is 0.319. The molecule has 9 heavy (non-hydrogen) atoms. The fourth-order valence-corrected chi connectivity index (χ4v) is 0.354. The van der Waals surface area contributed by atoms with Gasteiger partial charge in [-0.1, -0.05) is 22.5 Å².